The molecule has 12 heteroatoms. The van der Waals surface area contributed by atoms with Crippen LogP contribution in [0, 0.1) is 12.8 Å². The fourth-order valence-electron chi connectivity index (χ4n) is 5.14. The Balaban J connectivity index is 1.50. The summed E-state index contributed by atoms with van der Waals surface area (Å²) in [4.78, 5) is 30.7. The number of carbonyl (C=O) groups is 2. The van der Waals surface area contributed by atoms with E-state index in [9.17, 15) is 14.7 Å². The van der Waals surface area contributed by atoms with Crippen LogP contribution in [0.15, 0.2) is 12.1 Å². The number of pyridine rings is 1. The summed E-state index contributed by atoms with van der Waals surface area (Å²) in [6.45, 7) is 11.0. The summed E-state index contributed by atoms with van der Waals surface area (Å²) in [6, 6.07) is 3.50. The molecule has 2 aliphatic rings. The van der Waals surface area contributed by atoms with E-state index in [1.165, 1.54) is 7.11 Å². The standard InChI is InChI=1S/C28H44N6O6/c1-17-8-11-21-23(32-34(25(21)30-17)13-7-12-29-26(36)38-6)18(2)31-24(19-9-10-19)22-14-33(20(15-35)16-39-22)27(37)40-28(3,4)5/h8,11,18-20,22,24,31,35H,7,9-10,12-16H2,1-6H3,(H,29,36)/t18-,20+,22-,24?/m1/s1. The number of alkyl carbamates (subject to hydrolysis) is 1. The Hall–Kier alpha value is -2.96. The van der Waals surface area contributed by atoms with Gasteiger partial charge in [-0.15, -0.1) is 0 Å². The number of aryl methyl sites for hydroxylation is 2. The zero-order valence-corrected chi connectivity index (χ0v) is 24.5. The molecule has 1 saturated heterocycles. The predicted molar refractivity (Wildman–Crippen MR) is 149 cm³/mol. The molecule has 2 fully saturated rings. The number of aromatic nitrogens is 3. The Morgan fingerprint density at radius 1 is 1.27 bits per heavy atom. The maximum Gasteiger partial charge on any atom is 0.410 e. The summed E-state index contributed by atoms with van der Waals surface area (Å²) in [5.74, 6) is 0.428. The third-order valence-corrected chi connectivity index (χ3v) is 7.31. The van der Waals surface area contributed by atoms with Crippen LogP contribution in [-0.2, 0) is 20.8 Å². The van der Waals surface area contributed by atoms with Gasteiger partial charge in [-0.2, -0.15) is 5.10 Å². The van der Waals surface area contributed by atoms with E-state index < -0.39 is 23.8 Å². The van der Waals surface area contributed by atoms with Crippen LogP contribution in [0.4, 0.5) is 9.59 Å². The summed E-state index contributed by atoms with van der Waals surface area (Å²) >= 11 is 0. The highest BCUT2D eigenvalue weighted by Crippen LogP contribution is 2.37. The highest BCUT2D eigenvalue weighted by molar-refractivity contribution is 5.79. The Labute approximate surface area is 235 Å². The van der Waals surface area contributed by atoms with Crippen molar-refractivity contribution in [3.05, 3.63) is 23.5 Å². The minimum Gasteiger partial charge on any atom is -0.453 e. The summed E-state index contributed by atoms with van der Waals surface area (Å²) < 4.78 is 18.4. The number of nitrogens with zero attached hydrogens (tertiary/aromatic N) is 4. The molecule has 4 rings (SSSR count). The quantitative estimate of drug-likeness (QED) is 0.374. The molecule has 4 atom stereocenters. The number of carbonyl (C=O) groups excluding carboxylic acids is 2. The van der Waals surface area contributed by atoms with Crippen LogP contribution in [0.3, 0.4) is 0 Å². The largest absolute Gasteiger partial charge is 0.453 e. The first-order valence-electron chi connectivity index (χ1n) is 14.1. The molecule has 1 unspecified atom stereocenters. The van der Waals surface area contributed by atoms with E-state index in [0.717, 1.165) is 35.3 Å². The van der Waals surface area contributed by atoms with Crippen molar-refractivity contribution in [2.75, 3.05) is 33.4 Å². The summed E-state index contributed by atoms with van der Waals surface area (Å²) in [5, 5.41) is 22.3. The van der Waals surface area contributed by atoms with E-state index in [1.54, 1.807) is 4.90 Å². The number of rotatable bonds is 10. The van der Waals surface area contributed by atoms with Gasteiger partial charge in [-0.05, 0) is 71.9 Å². The van der Waals surface area contributed by atoms with Crippen molar-refractivity contribution in [2.45, 2.75) is 90.3 Å². The number of aliphatic hydroxyl groups excluding tert-OH is 1. The Morgan fingerprint density at radius 2 is 2.02 bits per heavy atom. The SMILES string of the molecule is COC(=O)NCCCn1nc([C@@H](C)NC(C2CC2)[C@H]2CN(C(=O)OC(C)(C)C)[C@@H](CO)CO2)c2ccc(C)nc21. The summed E-state index contributed by atoms with van der Waals surface area (Å²) in [5.41, 5.74) is 1.97. The van der Waals surface area contributed by atoms with Gasteiger partial charge in [0.15, 0.2) is 5.65 Å². The molecule has 222 valence electrons. The molecule has 2 amide bonds. The van der Waals surface area contributed by atoms with Gasteiger partial charge >= 0.3 is 12.2 Å². The van der Waals surface area contributed by atoms with Crippen molar-refractivity contribution >= 4 is 23.2 Å². The number of fused-ring (bicyclic) bond motifs is 1. The molecule has 3 N–H and O–H groups in total. The van der Waals surface area contributed by atoms with Crippen LogP contribution in [0.5, 0.6) is 0 Å². The van der Waals surface area contributed by atoms with E-state index in [0.29, 0.717) is 32.0 Å². The molecule has 2 aromatic rings. The monoisotopic (exact) mass is 560 g/mol. The number of ether oxygens (including phenoxy) is 3. The fourth-order valence-corrected chi connectivity index (χ4v) is 5.14. The van der Waals surface area contributed by atoms with Crippen molar-refractivity contribution in [3.63, 3.8) is 0 Å². The molecule has 1 saturated carbocycles. The maximum absolute atomic E-state index is 13.0. The molecule has 12 nitrogen and oxygen atoms in total. The molecular weight excluding hydrogens is 516 g/mol. The van der Waals surface area contributed by atoms with Crippen molar-refractivity contribution in [1.82, 2.24) is 30.3 Å². The average Bonchev–Trinajstić information content (AvgIpc) is 3.69. The van der Waals surface area contributed by atoms with Crippen molar-refractivity contribution in [3.8, 4) is 0 Å². The van der Waals surface area contributed by atoms with Crippen LogP contribution >= 0.6 is 0 Å². The smallest absolute Gasteiger partial charge is 0.410 e. The number of aliphatic hydroxyl groups is 1. The lowest BCUT2D eigenvalue weighted by molar-refractivity contribution is -0.0940. The van der Waals surface area contributed by atoms with Crippen molar-refractivity contribution in [2.24, 2.45) is 5.92 Å². The number of nitrogens with one attached hydrogen (secondary N) is 2. The van der Waals surface area contributed by atoms with Crippen molar-refractivity contribution in [1.29, 1.82) is 0 Å². The van der Waals surface area contributed by atoms with Crippen molar-refractivity contribution < 1.29 is 28.9 Å². The molecule has 0 radical (unpaired) electrons. The van der Waals surface area contributed by atoms with Gasteiger partial charge in [0.2, 0.25) is 0 Å². The minimum atomic E-state index is -0.630. The van der Waals surface area contributed by atoms with Crippen LogP contribution < -0.4 is 10.6 Å². The molecule has 0 bridgehead atoms. The van der Waals surface area contributed by atoms with Crippen LogP contribution in [0.1, 0.15) is 64.4 Å². The van der Waals surface area contributed by atoms with Crippen LogP contribution in [0.25, 0.3) is 11.0 Å². The van der Waals surface area contributed by atoms with Gasteiger partial charge in [-0.1, -0.05) is 0 Å². The zero-order valence-electron chi connectivity index (χ0n) is 24.5. The van der Waals surface area contributed by atoms with Gasteiger partial charge in [0.1, 0.15) is 5.60 Å². The maximum atomic E-state index is 13.0. The van der Waals surface area contributed by atoms with E-state index in [4.69, 9.17) is 19.6 Å². The molecule has 40 heavy (non-hydrogen) atoms. The normalized spacial score (nSPS) is 21.2. The number of hydrogen-bond donors (Lipinski definition) is 3. The van der Waals surface area contributed by atoms with Gasteiger partial charge in [0.05, 0.1) is 44.7 Å². The lowest BCUT2D eigenvalue weighted by atomic mass is 10.0. The van der Waals surface area contributed by atoms with E-state index in [2.05, 4.69) is 28.4 Å². The highest BCUT2D eigenvalue weighted by atomic mass is 16.6. The Morgan fingerprint density at radius 3 is 2.67 bits per heavy atom. The molecule has 3 heterocycles. The lowest BCUT2D eigenvalue weighted by Gasteiger charge is -2.42. The van der Waals surface area contributed by atoms with Crippen LogP contribution in [0.2, 0.25) is 0 Å². The molecule has 2 aromatic heterocycles. The van der Waals surface area contributed by atoms with Gasteiger partial charge in [0, 0.05) is 36.3 Å². The molecular formula is C28H44N6O6. The average molecular weight is 561 g/mol. The lowest BCUT2D eigenvalue weighted by Crippen LogP contribution is -2.60. The van der Waals surface area contributed by atoms with E-state index in [-0.39, 0.29) is 31.4 Å². The summed E-state index contributed by atoms with van der Waals surface area (Å²) in [6.07, 6.45) is 1.71. The molecule has 1 aliphatic heterocycles. The second-order valence-corrected chi connectivity index (χ2v) is 11.8. The fraction of sp³-hybridized carbons (Fsp3) is 0.714. The molecule has 0 spiro atoms. The van der Waals surface area contributed by atoms with E-state index >= 15 is 0 Å². The first-order chi connectivity index (χ1) is 19.0. The second-order valence-electron chi connectivity index (χ2n) is 11.8. The number of amides is 2. The van der Waals surface area contributed by atoms with Crippen LogP contribution in [-0.4, -0.2) is 94.2 Å². The third-order valence-electron chi connectivity index (χ3n) is 7.31. The first kappa shape index (κ1) is 30.0. The summed E-state index contributed by atoms with van der Waals surface area (Å²) in [7, 11) is 1.34. The predicted octanol–water partition coefficient (Wildman–Crippen LogP) is 2.91. The minimum absolute atomic E-state index is 0.00226. The van der Waals surface area contributed by atoms with Gasteiger partial charge in [-0.3, -0.25) is 4.90 Å². The van der Waals surface area contributed by atoms with E-state index in [1.807, 2.05) is 38.4 Å². The molecule has 1 aliphatic carbocycles. The third kappa shape index (κ3) is 7.41. The number of hydrogen-bond acceptors (Lipinski definition) is 9. The number of morpholine rings is 1. The topological polar surface area (TPSA) is 140 Å². The van der Waals surface area contributed by atoms with Gasteiger partial charge < -0.3 is 30.0 Å². The Kier molecular flexibility index (Phi) is 9.52. The van der Waals surface area contributed by atoms with Gasteiger partial charge in [0.25, 0.3) is 0 Å². The second kappa shape index (κ2) is 12.7. The Bertz CT molecular complexity index is 1180. The van der Waals surface area contributed by atoms with Gasteiger partial charge in [-0.25, -0.2) is 19.3 Å². The highest BCUT2D eigenvalue weighted by Gasteiger charge is 2.43. The first-order valence-corrected chi connectivity index (χ1v) is 14.1. The number of methoxy groups -OCH3 is 1. The molecule has 0 aromatic carbocycles. The zero-order chi connectivity index (χ0) is 29.0.